The van der Waals surface area contributed by atoms with Crippen molar-refractivity contribution in [2.24, 2.45) is 0 Å². The Morgan fingerprint density at radius 1 is 1.03 bits per heavy atom. The zero-order valence-corrected chi connectivity index (χ0v) is 18.7. The fraction of sp³-hybridized carbons (Fsp3) is 0.0833. The molecule has 1 aliphatic rings. The molecule has 156 valence electrons. The topological polar surface area (TPSA) is 66.8 Å². The van der Waals surface area contributed by atoms with Gasteiger partial charge >= 0.3 is 0 Å². The number of hydrogen-bond donors (Lipinski definition) is 1. The van der Waals surface area contributed by atoms with Gasteiger partial charge in [-0.2, -0.15) is 0 Å². The first kappa shape index (κ1) is 21.2. The summed E-state index contributed by atoms with van der Waals surface area (Å²) in [5.41, 5.74) is 1.62. The Morgan fingerprint density at radius 3 is 2.32 bits per heavy atom. The molecule has 0 saturated carbocycles. The molecule has 1 atom stereocenters. The molecule has 1 N–H and O–H groups in total. The third kappa shape index (κ3) is 3.84. The second kappa shape index (κ2) is 8.57. The molecule has 1 heterocycles. The smallest absolute Gasteiger partial charge is 0.300 e. The molecule has 0 spiro atoms. The quantitative estimate of drug-likeness (QED) is 0.283. The minimum absolute atomic E-state index is 0.0169. The molecule has 0 aliphatic carbocycles. The van der Waals surface area contributed by atoms with Gasteiger partial charge in [0.1, 0.15) is 11.5 Å². The van der Waals surface area contributed by atoms with Crippen LogP contribution >= 0.6 is 27.5 Å². The summed E-state index contributed by atoms with van der Waals surface area (Å²) in [6, 6.07) is 19.9. The molecule has 3 aromatic rings. The van der Waals surface area contributed by atoms with Crippen LogP contribution in [0.2, 0.25) is 5.02 Å². The molecular weight excluding hydrogens is 482 g/mol. The lowest BCUT2D eigenvalue weighted by atomic mass is 9.95. The van der Waals surface area contributed by atoms with Crippen LogP contribution in [0, 0.1) is 0 Å². The van der Waals surface area contributed by atoms with Crippen LogP contribution in [0.5, 0.6) is 5.75 Å². The highest BCUT2D eigenvalue weighted by molar-refractivity contribution is 9.10. The summed E-state index contributed by atoms with van der Waals surface area (Å²) in [6.45, 7) is 0. The maximum atomic E-state index is 13.1. The molecule has 5 nitrogen and oxygen atoms in total. The van der Waals surface area contributed by atoms with Crippen molar-refractivity contribution in [3.8, 4) is 5.75 Å². The van der Waals surface area contributed by atoms with E-state index in [2.05, 4.69) is 15.9 Å². The summed E-state index contributed by atoms with van der Waals surface area (Å²) in [6.07, 6.45) is 0. The van der Waals surface area contributed by atoms with E-state index in [1.54, 1.807) is 42.5 Å². The van der Waals surface area contributed by atoms with E-state index in [0.29, 0.717) is 32.1 Å². The van der Waals surface area contributed by atoms with Gasteiger partial charge in [-0.15, -0.1) is 0 Å². The second-order valence-electron chi connectivity index (χ2n) is 6.91. The molecule has 7 heteroatoms. The number of nitrogens with zero attached hydrogens (tertiary/aromatic N) is 1. The predicted octanol–water partition coefficient (Wildman–Crippen LogP) is 5.74. The molecule has 1 amide bonds. The van der Waals surface area contributed by atoms with E-state index >= 15 is 0 Å². The average Bonchev–Trinajstić information content (AvgIpc) is 3.05. The Morgan fingerprint density at radius 2 is 1.71 bits per heavy atom. The molecule has 4 rings (SSSR count). The first-order valence-electron chi connectivity index (χ1n) is 9.38. The van der Waals surface area contributed by atoms with Crippen molar-refractivity contribution in [1.82, 2.24) is 0 Å². The van der Waals surface area contributed by atoms with Gasteiger partial charge in [0.25, 0.3) is 11.7 Å². The molecule has 0 radical (unpaired) electrons. The average molecular weight is 499 g/mol. The molecule has 31 heavy (non-hydrogen) atoms. The van der Waals surface area contributed by atoms with Crippen LogP contribution in [-0.4, -0.2) is 23.9 Å². The summed E-state index contributed by atoms with van der Waals surface area (Å²) in [5, 5.41) is 11.6. The van der Waals surface area contributed by atoms with Gasteiger partial charge in [-0.25, -0.2) is 0 Å². The largest absolute Gasteiger partial charge is 0.507 e. The number of anilines is 1. The lowest BCUT2D eigenvalue weighted by Gasteiger charge is -2.25. The minimum atomic E-state index is -0.789. The Balaban J connectivity index is 1.92. The number of carbonyl (C=O) groups is 2. The van der Waals surface area contributed by atoms with Crippen LogP contribution in [0.1, 0.15) is 17.2 Å². The molecule has 3 aromatic carbocycles. The van der Waals surface area contributed by atoms with Crippen LogP contribution in [0.25, 0.3) is 5.76 Å². The summed E-state index contributed by atoms with van der Waals surface area (Å²) in [7, 11) is 1.53. The Labute approximate surface area is 192 Å². The molecule has 0 bridgehead atoms. The van der Waals surface area contributed by atoms with Crippen molar-refractivity contribution in [3.05, 3.63) is 99.0 Å². The van der Waals surface area contributed by atoms with Crippen molar-refractivity contribution in [3.63, 3.8) is 0 Å². The van der Waals surface area contributed by atoms with Gasteiger partial charge in [0.05, 0.1) is 23.2 Å². The highest BCUT2D eigenvalue weighted by atomic mass is 79.9. The third-order valence-corrected chi connectivity index (χ3v) is 5.96. The van der Waals surface area contributed by atoms with Crippen LogP contribution in [-0.2, 0) is 9.59 Å². The van der Waals surface area contributed by atoms with Crippen molar-refractivity contribution < 1.29 is 19.4 Å². The number of aliphatic hydroxyl groups is 1. The molecule has 0 aromatic heterocycles. The number of ether oxygens (including phenoxy) is 1. The number of methoxy groups -OCH3 is 1. The first-order chi connectivity index (χ1) is 14.9. The highest BCUT2D eigenvalue weighted by Gasteiger charge is 2.46. The number of halogens is 2. The second-order valence-corrected chi connectivity index (χ2v) is 8.20. The minimum Gasteiger partial charge on any atom is -0.507 e. The first-order valence-corrected chi connectivity index (χ1v) is 10.5. The van der Waals surface area contributed by atoms with Gasteiger partial charge in [-0.05, 0) is 64.0 Å². The van der Waals surface area contributed by atoms with E-state index in [4.69, 9.17) is 16.3 Å². The number of amides is 1. The van der Waals surface area contributed by atoms with Crippen LogP contribution < -0.4 is 9.64 Å². The third-order valence-electron chi connectivity index (χ3n) is 5.09. The van der Waals surface area contributed by atoms with Crippen LogP contribution in [0.3, 0.4) is 0 Å². The number of Topliss-reactive ketones (excluding diaryl/α,β-unsaturated/α-hetero) is 1. The van der Waals surface area contributed by atoms with E-state index in [0.717, 1.165) is 0 Å². The molecular formula is C24H17BrClNO4. The number of carbonyl (C=O) groups excluding carboxylic acids is 2. The highest BCUT2D eigenvalue weighted by Crippen LogP contribution is 2.42. The predicted molar refractivity (Wildman–Crippen MR) is 123 cm³/mol. The van der Waals surface area contributed by atoms with Crippen LogP contribution in [0.15, 0.2) is 82.8 Å². The van der Waals surface area contributed by atoms with E-state index in [1.165, 1.54) is 12.0 Å². The number of rotatable bonds is 4. The SMILES string of the molecule is COc1ccc(/C(O)=C2/C(=O)C(=O)N(c3ccc(Cl)cc3)C2c2ccccc2)cc1Br. The number of benzene rings is 3. The van der Waals surface area contributed by atoms with E-state index < -0.39 is 17.7 Å². The van der Waals surface area contributed by atoms with Crippen molar-refractivity contribution in [1.29, 1.82) is 0 Å². The fourth-order valence-electron chi connectivity index (χ4n) is 3.62. The fourth-order valence-corrected chi connectivity index (χ4v) is 4.29. The number of aliphatic hydroxyl groups excluding tert-OH is 1. The molecule has 1 saturated heterocycles. The van der Waals surface area contributed by atoms with Gasteiger partial charge < -0.3 is 9.84 Å². The maximum Gasteiger partial charge on any atom is 0.300 e. The zero-order valence-electron chi connectivity index (χ0n) is 16.4. The summed E-state index contributed by atoms with van der Waals surface area (Å²) in [4.78, 5) is 27.5. The summed E-state index contributed by atoms with van der Waals surface area (Å²) < 4.78 is 5.85. The summed E-state index contributed by atoms with van der Waals surface area (Å²) >= 11 is 9.39. The summed E-state index contributed by atoms with van der Waals surface area (Å²) in [5.74, 6) is -1.15. The monoisotopic (exact) mass is 497 g/mol. The molecule has 1 aliphatic heterocycles. The van der Waals surface area contributed by atoms with E-state index in [9.17, 15) is 14.7 Å². The van der Waals surface area contributed by atoms with Crippen molar-refractivity contribution >= 4 is 50.7 Å². The maximum absolute atomic E-state index is 13.1. The Bertz CT molecular complexity index is 1190. The van der Waals surface area contributed by atoms with Gasteiger partial charge in [0.15, 0.2) is 0 Å². The number of ketones is 1. The molecule has 1 unspecified atom stereocenters. The lowest BCUT2D eigenvalue weighted by molar-refractivity contribution is -0.132. The van der Waals surface area contributed by atoms with E-state index in [-0.39, 0.29) is 11.3 Å². The van der Waals surface area contributed by atoms with Gasteiger partial charge in [0, 0.05) is 16.3 Å². The van der Waals surface area contributed by atoms with Gasteiger partial charge in [-0.3, -0.25) is 14.5 Å². The van der Waals surface area contributed by atoms with Crippen molar-refractivity contribution in [2.45, 2.75) is 6.04 Å². The van der Waals surface area contributed by atoms with Gasteiger partial charge in [-0.1, -0.05) is 41.9 Å². The Kier molecular flexibility index (Phi) is 5.85. The van der Waals surface area contributed by atoms with E-state index in [1.807, 2.05) is 30.3 Å². The van der Waals surface area contributed by atoms with Crippen LogP contribution in [0.4, 0.5) is 5.69 Å². The van der Waals surface area contributed by atoms with Crippen molar-refractivity contribution in [2.75, 3.05) is 12.0 Å². The van der Waals surface area contributed by atoms with Gasteiger partial charge in [0.2, 0.25) is 0 Å². The number of hydrogen-bond acceptors (Lipinski definition) is 4. The standard InChI is InChI=1S/C24H17BrClNO4/c1-31-19-12-7-15(13-18(19)25)22(28)20-21(14-5-3-2-4-6-14)27(24(30)23(20)29)17-10-8-16(26)9-11-17/h2-13,21,28H,1H3/b22-20-. The Hall–Kier alpha value is -3.09. The zero-order chi connectivity index (χ0) is 22.1. The molecule has 1 fully saturated rings. The lowest BCUT2D eigenvalue weighted by Crippen LogP contribution is -2.29. The normalized spacial score (nSPS) is 17.8.